The molecular weight excluding hydrogens is 188 g/mol. The zero-order valence-corrected chi connectivity index (χ0v) is 9.50. The lowest BCUT2D eigenvalue weighted by Crippen LogP contribution is -2.42. The Labute approximate surface area is 91.4 Å². The minimum absolute atomic E-state index is 0.0509. The number of hydrogen-bond acceptors (Lipinski definition) is 2. The normalized spacial score (nSPS) is 47.7. The van der Waals surface area contributed by atoms with Gasteiger partial charge in [0.1, 0.15) is 5.60 Å². The maximum atomic E-state index is 11.2. The van der Waals surface area contributed by atoms with E-state index in [2.05, 4.69) is 0 Å². The lowest BCUT2D eigenvalue weighted by Gasteiger charge is -2.44. The molecule has 2 unspecified atom stereocenters. The third kappa shape index (κ3) is 1.68. The molecule has 15 heavy (non-hydrogen) atoms. The maximum absolute atomic E-state index is 11.2. The van der Waals surface area contributed by atoms with Crippen LogP contribution in [0.1, 0.15) is 51.9 Å². The average Bonchev–Trinajstić information content (AvgIpc) is 2.29. The van der Waals surface area contributed by atoms with Gasteiger partial charge in [0.25, 0.3) is 0 Å². The van der Waals surface area contributed by atoms with Gasteiger partial charge in [-0.2, -0.15) is 0 Å². The lowest BCUT2D eigenvalue weighted by atomic mass is 9.66. The largest absolute Gasteiger partial charge is 0.459 e. The highest BCUT2D eigenvalue weighted by Crippen LogP contribution is 2.54. The summed E-state index contributed by atoms with van der Waals surface area (Å²) in [6, 6.07) is 0. The molecule has 0 saturated heterocycles. The fourth-order valence-electron chi connectivity index (χ4n) is 4.52. The molecule has 4 bridgehead atoms. The minimum Gasteiger partial charge on any atom is -0.459 e. The van der Waals surface area contributed by atoms with E-state index in [-0.39, 0.29) is 11.6 Å². The summed E-state index contributed by atoms with van der Waals surface area (Å²) in [5, 5.41) is 0. The van der Waals surface area contributed by atoms with Crippen LogP contribution in [0.25, 0.3) is 0 Å². The van der Waals surface area contributed by atoms with E-state index in [4.69, 9.17) is 4.74 Å². The van der Waals surface area contributed by atoms with E-state index in [0.717, 1.165) is 37.0 Å². The summed E-state index contributed by atoms with van der Waals surface area (Å²) in [5.41, 5.74) is -0.0509. The molecule has 4 aliphatic rings. The first-order chi connectivity index (χ1) is 7.15. The number of fused-ring (bicyclic) bond motifs is 1. The minimum atomic E-state index is -0.0743. The van der Waals surface area contributed by atoms with Crippen molar-refractivity contribution in [2.45, 2.75) is 57.5 Å². The number of rotatable bonds is 1. The summed E-state index contributed by atoms with van der Waals surface area (Å²) >= 11 is 0. The van der Waals surface area contributed by atoms with Gasteiger partial charge in [-0.05, 0) is 62.7 Å². The number of esters is 1. The van der Waals surface area contributed by atoms with Crippen LogP contribution >= 0.6 is 0 Å². The third-order valence-electron chi connectivity index (χ3n) is 4.69. The van der Waals surface area contributed by atoms with E-state index in [9.17, 15) is 4.79 Å². The van der Waals surface area contributed by atoms with Gasteiger partial charge in [0.2, 0.25) is 0 Å². The van der Waals surface area contributed by atoms with Gasteiger partial charge < -0.3 is 4.74 Å². The molecule has 4 atom stereocenters. The number of ether oxygens (including phenoxy) is 1. The fourth-order valence-corrected chi connectivity index (χ4v) is 4.52. The van der Waals surface area contributed by atoms with Crippen LogP contribution in [0.2, 0.25) is 0 Å². The molecule has 0 N–H and O–H groups in total. The predicted molar refractivity (Wildman–Crippen MR) is 57.3 cm³/mol. The van der Waals surface area contributed by atoms with E-state index in [1.165, 1.54) is 25.7 Å². The first kappa shape index (κ1) is 9.68. The Morgan fingerprint density at radius 1 is 1.13 bits per heavy atom. The highest BCUT2D eigenvalue weighted by molar-refractivity contribution is 5.66. The fraction of sp³-hybridized carbons (Fsp3) is 0.923. The second-order valence-electron chi connectivity index (χ2n) is 6.03. The van der Waals surface area contributed by atoms with Gasteiger partial charge in [0.15, 0.2) is 0 Å². The Bertz CT molecular complexity index is 270. The molecule has 4 fully saturated rings. The van der Waals surface area contributed by atoms with Gasteiger partial charge in [-0.25, -0.2) is 0 Å². The van der Waals surface area contributed by atoms with Gasteiger partial charge in [0, 0.05) is 6.92 Å². The second-order valence-corrected chi connectivity index (χ2v) is 6.03. The van der Waals surface area contributed by atoms with E-state index in [0.29, 0.717) is 0 Å². The van der Waals surface area contributed by atoms with E-state index in [1.54, 1.807) is 6.92 Å². The smallest absolute Gasteiger partial charge is 0.303 e. The van der Waals surface area contributed by atoms with Crippen LogP contribution in [-0.2, 0) is 9.53 Å². The Morgan fingerprint density at radius 2 is 1.73 bits per heavy atom. The van der Waals surface area contributed by atoms with Crippen LogP contribution in [0.3, 0.4) is 0 Å². The second kappa shape index (κ2) is 3.23. The first-order valence-electron chi connectivity index (χ1n) is 6.35. The molecular formula is C13H20O2. The molecule has 0 spiro atoms. The summed E-state index contributed by atoms with van der Waals surface area (Å²) in [5.74, 6) is 2.57. The predicted octanol–water partition coefficient (Wildman–Crippen LogP) is 2.91. The van der Waals surface area contributed by atoms with Crippen molar-refractivity contribution in [3.63, 3.8) is 0 Å². The summed E-state index contributed by atoms with van der Waals surface area (Å²) in [7, 11) is 0. The maximum Gasteiger partial charge on any atom is 0.303 e. The van der Waals surface area contributed by atoms with Gasteiger partial charge >= 0.3 is 5.97 Å². The highest BCUT2D eigenvalue weighted by atomic mass is 16.6. The Morgan fingerprint density at radius 3 is 2.33 bits per heavy atom. The van der Waals surface area contributed by atoms with Gasteiger partial charge in [-0.3, -0.25) is 4.79 Å². The van der Waals surface area contributed by atoms with Crippen molar-refractivity contribution >= 4 is 5.97 Å². The lowest BCUT2D eigenvalue weighted by molar-refractivity contribution is -0.165. The van der Waals surface area contributed by atoms with Gasteiger partial charge in [-0.15, -0.1) is 0 Å². The Kier molecular flexibility index (Phi) is 2.08. The number of hydrogen-bond donors (Lipinski definition) is 0. The molecule has 84 valence electrons. The third-order valence-corrected chi connectivity index (χ3v) is 4.69. The van der Waals surface area contributed by atoms with Crippen molar-refractivity contribution in [1.29, 1.82) is 0 Å². The molecule has 0 aromatic carbocycles. The van der Waals surface area contributed by atoms with Crippen LogP contribution in [0, 0.1) is 17.8 Å². The molecule has 0 aromatic heterocycles. The number of carbonyl (C=O) groups is 1. The zero-order chi connectivity index (χ0) is 10.5. The van der Waals surface area contributed by atoms with Crippen LogP contribution in [0.15, 0.2) is 0 Å². The van der Waals surface area contributed by atoms with E-state index in [1.807, 2.05) is 0 Å². The van der Waals surface area contributed by atoms with Crippen molar-refractivity contribution < 1.29 is 9.53 Å². The van der Waals surface area contributed by atoms with Crippen molar-refractivity contribution in [3.05, 3.63) is 0 Å². The van der Waals surface area contributed by atoms with Crippen molar-refractivity contribution in [2.75, 3.05) is 0 Å². The molecule has 4 rings (SSSR count). The zero-order valence-electron chi connectivity index (χ0n) is 9.50. The average molecular weight is 208 g/mol. The van der Waals surface area contributed by atoms with Crippen molar-refractivity contribution in [1.82, 2.24) is 0 Å². The molecule has 4 aliphatic carbocycles. The van der Waals surface area contributed by atoms with E-state index < -0.39 is 0 Å². The van der Waals surface area contributed by atoms with Crippen molar-refractivity contribution in [3.8, 4) is 0 Å². The monoisotopic (exact) mass is 208 g/mol. The van der Waals surface area contributed by atoms with Crippen LogP contribution in [0.4, 0.5) is 0 Å². The molecule has 0 amide bonds. The van der Waals surface area contributed by atoms with Crippen molar-refractivity contribution in [2.24, 2.45) is 17.8 Å². The first-order valence-corrected chi connectivity index (χ1v) is 6.35. The van der Waals surface area contributed by atoms with Crippen LogP contribution < -0.4 is 0 Å². The van der Waals surface area contributed by atoms with Gasteiger partial charge in [0.05, 0.1) is 0 Å². The topological polar surface area (TPSA) is 26.3 Å². The summed E-state index contributed by atoms with van der Waals surface area (Å²) < 4.78 is 5.69. The summed E-state index contributed by atoms with van der Waals surface area (Å²) in [6.45, 7) is 1.56. The van der Waals surface area contributed by atoms with Gasteiger partial charge in [-0.1, -0.05) is 0 Å². The molecule has 2 heteroatoms. The highest BCUT2D eigenvalue weighted by Gasteiger charge is 2.49. The van der Waals surface area contributed by atoms with Crippen LogP contribution in [-0.4, -0.2) is 11.6 Å². The van der Waals surface area contributed by atoms with E-state index >= 15 is 0 Å². The molecule has 0 aliphatic heterocycles. The van der Waals surface area contributed by atoms with Crippen LogP contribution in [0.5, 0.6) is 0 Å². The summed E-state index contributed by atoms with van der Waals surface area (Å²) in [4.78, 5) is 11.2. The SMILES string of the molecule is CC(=O)OC12CCC3C[C@H](C[C@H](C3)C1)C2. The standard InChI is InChI=1S/C13H20O2/c1-9(14)15-13-3-2-10-4-11(7-13)6-12(5-10)8-13/h10-12H,2-8H2,1H3/t10?,11-,12+,13?. The molecule has 2 nitrogen and oxygen atoms in total. The molecule has 4 saturated carbocycles. The molecule has 0 heterocycles. The Balaban J connectivity index is 1.86. The summed E-state index contributed by atoms with van der Waals surface area (Å²) in [6.07, 6.45) is 8.93. The number of carbonyl (C=O) groups excluding carboxylic acids is 1. The molecule has 0 aromatic rings. The quantitative estimate of drug-likeness (QED) is 0.619. The molecule has 0 radical (unpaired) electrons. The Hall–Kier alpha value is -0.530.